The monoisotopic (exact) mass is 743 g/mol. The number of ether oxygens (including phenoxy) is 3. The number of hydrogen-bond acceptors (Lipinski definition) is 11. The van der Waals surface area contributed by atoms with Crippen LogP contribution in [0, 0.1) is 0 Å². The summed E-state index contributed by atoms with van der Waals surface area (Å²) in [6.07, 6.45) is -4.50. The van der Waals surface area contributed by atoms with Crippen LogP contribution in [0.25, 0.3) is 0 Å². The number of aliphatic hydroxyl groups excluding tert-OH is 1. The highest BCUT2D eigenvalue weighted by Crippen LogP contribution is 2.52. The van der Waals surface area contributed by atoms with Crippen molar-refractivity contribution in [2.24, 2.45) is 0 Å². The molecule has 2 aliphatic carbocycles. The third-order valence-electron chi connectivity index (χ3n) is 10.6. The SMILES string of the molecule is COc1cccc2c1C(=O)c1c(O)c3c(c(O)c1C2=O)CC(O)(C(C)=O)CC3OC1CC(N(Cc2ccccc2)Cc2ccccc2)C(O)C(C)O1.Cl. The van der Waals surface area contributed by atoms with Crippen molar-refractivity contribution in [2.75, 3.05) is 7.11 Å². The average molecular weight is 744 g/mol. The summed E-state index contributed by atoms with van der Waals surface area (Å²) in [5.41, 5.74) is -0.954. The number of hydrogen-bond donors (Lipinski definition) is 4. The summed E-state index contributed by atoms with van der Waals surface area (Å²) in [4.78, 5) is 42.9. The molecule has 6 unspecified atom stereocenters. The van der Waals surface area contributed by atoms with Gasteiger partial charge in [-0.25, -0.2) is 0 Å². The van der Waals surface area contributed by atoms with Gasteiger partial charge in [0.1, 0.15) is 22.8 Å². The molecule has 4 N–H and O–H groups in total. The van der Waals surface area contributed by atoms with E-state index in [9.17, 15) is 34.8 Å². The number of rotatable bonds is 9. The Balaban J connectivity index is 0.00000481. The van der Waals surface area contributed by atoms with Crippen molar-refractivity contribution < 1.29 is 49.0 Å². The van der Waals surface area contributed by atoms with E-state index in [-0.39, 0.29) is 53.3 Å². The topological polar surface area (TPSA) is 163 Å². The third kappa shape index (κ3) is 6.85. The first-order valence-corrected chi connectivity index (χ1v) is 17.3. The highest BCUT2D eigenvalue weighted by atomic mass is 35.5. The molecule has 1 heterocycles. The second-order valence-corrected chi connectivity index (χ2v) is 13.9. The molecular formula is C41H42ClNO10. The Morgan fingerprint density at radius 1 is 0.887 bits per heavy atom. The molecule has 6 atom stereocenters. The Labute approximate surface area is 313 Å². The van der Waals surface area contributed by atoms with Crippen LogP contribution in [0.4, 0.5) is 0 Å². The molecule has 0 radical (unpaired) electrons. The number of benzene rings is 4. The van der Waals surface area contributed by atoms with Crippen LogP contribution >= 0.6 is 12.4 Å². The van der Waals surface area contributed by atoms with Crippen LogP contribution in [0.2, 0.25) is 0 Å². The van der Waals surface area contributed by atoms with Crippen LogP contribution in [0.3, 0.4) is 0 Å². The fourth-order valence-corrected chi connectivity index (χ4v) is 7.89. The van der Waals surface area contributed by atoms with Gasteiger partial charge in [0.2, 0.25) is 5.78 Å². The summed E-state index contributed by atoms with van der Waals surface area (Å²) >= 11 is 0. The molecule has 12 heteroatoms. The summed E-state index contributed by atoms with van der Waals surface area (Å²) < 4.78 is 18.1. The van der Waals surface area contributed by atoms with Gasteiger partial charge >= 0.3 is 0 Å². The maximum Gasteiger partial charge on any atom is 0.202 e. The number of Topliss-reactive ketones (excluding diaryl/α,β-unsaturated/α-hetero) is 1. The summed E-state index contributed by atoms with van der Waals surface area (Å²) in [5, 5.41) is 46.8. The highest BCUT2D eigenvalue weighted by molar-refractivity contribution is 6.31. The first kappa shape index (κ1) is 38.1. The lowest BCUT2D eigenvalue weighted by atomic mass is 9.72. The third-order valence-corrected chi connectivity index (χ3v) is 10.6. The van der Waals surface area contributed by atoms with Crippen molar-refractivity contribution in [3.63, 3.8) is 0 Å². The van der Waals surface area contributed by atoms with Crippen molar-refractivity contribution in [3.05, 3.63) is 123 Å². The first-order valence-electron chi connectivity index (χ1n) is 17.3. The van der Waals surface area contributed by atoms with Gasteiger partial charge in [0.25, 0.3) is 0 Å². The van der Waals surface area contributed by atoms with E-state index in [1.807, 2.05) is 60.7 Å². The lowest BCUT2D eigenvalue weighted by molar-refractivity contribution is -0.259. The number of nitrogens with zero attached hydrogens (tertiary/aromatic N) is 1. The quantitative estimate of drug-likeness (QED) is 0.147. The fourth-order valence-electron chi connectivity index (χ4n) is 7.89. The Morgan fingerprint density at radius 2 is 1.49 bits per heavy atom. The molecule has 1 fully saturated rings. The molecule has 1 aliphatic heterocycles. The summed E-state index contributed by atoms with van der Waals surface area (Å²) in [7, 11) is 1.36. The first-order chi connectivity index (χ1) is 24.9. The van der Waals surface area contributed by atoms with Crippen LogP contribution in [0.5, 0.6) is 17.2 Å². The van der Waals surface area contributed by atoms with E-state index in [4.69, 9.17) is 14.2 Å². The number of carbonyl (C=O) groups excluding carboxylic acids is 3. The lowest BCUT2D eigenvalue weighted by Gasteiger charge is -2.45. The van der Waals surface area contributed by atoms with Crippen molar-refractivity contribution in [3.8, 4) is 17.2 Å². The van der Waals surface area contributed by atoms with Gasteiger partial charge in [-0.05, 0) is 31.0 Å². The van der Waals surface area contributed by atoms with Crippen molar-refractivity contribution >= 4 is 29.8 Å². The second-order valence-electron chi connectivity index (χ2n) is 13.9. The van der Waals surface area contributed by atoms with Crippen molar-refractivity contribution in [1.29, 1.82) is 0 Å². The zero-order chi connectivity index (χ0) is 36.9. The van der Waals surface area contributed by atoms with E-state index in [2.05, 4.69) is 4.90 Å². The number of phenolic OH excluding ortho intramolecular Hbond substituents is 2. The largest absolute Gasteiger partial charge is 0.507 e. The number of halogens is 1. The van der Waals surface area contributed by atoms with Crippen LogP contribution in [0.1, 0.15) is 86.9 Å². The van der Waals surface area contributed by atoms with Gasteiger partial charge in [-0.3, -0.25) is 19.3 Å². The predicted octanol–water partition coefficient (Wildman–Crippen LogP) is 5.19. The molecule has 0 spiro atoms. The highest BCUT2D eigenvalue weighted by Gasteiger charge is 2.50. The molecule has 4 aromatic rings. The number of aromatic hydroxyl groups is 2. The molecule has 0 amide bonds. The van der Waals surface area contributed by atoms with E-state index in [1.165, 1.54) is 32.2 Å². The molecule has 53 heavy (non-hydrogen) atoms. The van der Waals surface area contributed by atoms with Gasteiger partial charge in [0.15, 0.2) is 17.9 Å². The number of methoxy groups -OCH3 is 1. The van der Waals surface area contributed by atoms with E-state index < -0.39 is 82.6 Å². The average Bonchev–Trinajstić information content (AvgIpc) is 3.13. The molecule has 7 rings (SSSR count). The summed E-state index contributed by atoms with van der Waals surface area (Å²) in [6.45, 7) is 3.96. The van der Waals surface area contributed by atoms with Crippen LogP contribution in [-0.2, 0) is 33.8 Å². The number of fused-ring (bicyclic) bond motifs is 3. The molecule has 0 saturated carbocycles. The molecule has 278 valence electrons. The Bertz CT molecular complexity index is 2000. The Kier molecular flexibility index (Phi) is 10.8. The van der Waals surface area contributed by atoms with Crippen molar-refractivity contribution in [2.45, 2.75) is 82.4 Å². The van der Waals surface area contributed by atoms with Gasteiger partial charge < -0.3 is 34.6 Å². The van der Waals surface area contributed by atoms with Gasteiger partial charge in [-0.15, -0.1) is 12.4 Å². The van der Waals surface area contributed by atoms with E-state index in [0.717, 1.165) is 11.1 Å². The molecule has 11 nitrogen and oxygen atoms in total. The summed E-state index contributed by atoms with van der Waals surface area (Å²) in [6, 6.07) is 23.8. The van der Waals surface area contributed by atoms with Crippen LogP contribution in [0.15, 0.2) is 78.9 Å². The minimum atomic E-state index is -2.04. The van der Waals surface area contributed by atoms with Gasteiger partial charge in [0, 0.05) is 55.1 Å². The molecule has 0 bridgehead atoms. The molecule has 0 aromatic heterocycles. The standard InChI is InChI=1S/C41H41NO10.ClH/c1-22-36(44)28(42(20-24-11-6-4-7-12-24)21-25-13-8-5-9-14-25)17-31(51-22)52-30-19-41(49,23(2)43)18-27-33(30)40(48)35-34(38(27)46)37(45)26-15-10-16-29(50-3)32(26)39(35)47;/h4-16,22,28,30-31,36,44,46,48-49H,17-21H2,1-3H3;1H. The minimum Gasteiger partial charge on any atom is -0.507 e. The fraction of sp³-hybridized carbons (Fsp3) is 0.341. The number of ketones is 3. The summed E-state index contributed by atoms with van der Waals surface area (Å²) in [5.74, 6) is -3.14. The second kappa shape index (κ2) is 15.0. The van der Waals surface area contributed by atoms with Crippen molar-refractivity contribution in [1.82, 2.24) is 4.90 Å². The van der Waals surface area contributed by atoms with E-state index in [1.54, 1.807) is 6.92 Å². The Hall–Kier alpha value is -4.62. The zero-order valence-corrected chi connectivity index (χ0v) is 30.3. The zero-order valence-electron chi connectivity index (χ0n) is 29.5. The van der Waals surface area contributed by atoms with Crippen LogP contribution in [-0.4, -0.2) is 79.9 Å². The lowest BCUT2D eigenvalue weighted by Crippen LogP contribution is -2.55. The smallest absolute Gasteiger partial charge is 0.202 e. The molecular weight excluding hydrogens is 702 g/mol. The number of aliphatic hydroxyl groups is 2. The normalized spacial score (nSPS) is 24.8. The minimum absolute atomic E-state index is 0. The Morgan fingerprint density at radius 3 is 2.08 bits per heavy atom. The van der Waals surface area contributed by atoms with Gasteiger partial charge in [-0.1, -0.05) is 72.8 Å². The molecule has 1 saturated heterocycles. The number of phenols is 2. The maximum absolute atomic E-state index is 14.0. The number of carbonyl (C=O) groups is 3. The molecule has 4 aromatic carbocycles. The van der Waals surface area contributed by atoms with Gasteiger partial charge in [0.05, 0.1) is 42.1 Å². The predicted molar refractivity (Wildman–Crippen MR) is 196 cm³/mol. The van der Waals surface area contributed by atoms with Crippen LogP contribution < -0.4 is 4.74 Å². The van der Waals surface area contributed by atoms with E-state index >= 15 is 0 Å². The van der Waals surface area contributed by atoms with Gasteiger partial charge in [-0.2, -0.15) is 0 Å². The molecule has 3 aliphatic rings. The maximum atomic E-state index is 14.0. The van der Waals surface area contributed by atoms with E-state index in [0.29, 0.717) is 13.1 Å².